The van der Waals surface area contributed by atoms with Crippen molar-refractivity contribution in [1.29, 1.82) is 0 Å². The predicted molar refractivity (Wildman–Crippen MR) is 89.7 cm³/mol. The lowest BCUT2D eigenvalue weighted by molar-refractivity contribution is -0.662. The van der Waals surface area contributed by atoms with Crippen molar-refractivity contribution >= 4 is 10.9 Å². The SMILES string of the molecule is Cc1ccccc1-c1c2cc(C3CCC3)ccc2nc[n+]1C. The van der Waals surface area contributed by atoms with Gasteiger partial charge in [-0.25, -0.2) is 4.57 Å². The molecular weight excluding hydrogens is 268 g/mol. The molecule has 0 bridgehead atoms. The molecule has 0 spiro atoms. The summed E-state index contributed by atoms with van der Waals surface area (Å²) in [7, 11) is 2.09. The van der Waals surface area contributed by atoms with Gasteiger partial charge in [-0.15, -0.1) is 0 Å². The Morgan fingerprint density at radius 1 is 1.09 bits per heavy atom. The molecule has 2 heteroatoms. The Kier molecular flexibility index (Phi) is 3.18. The summed E-state index contributed by atoms with van der Waals surface area (Å²) < 4.78 is 2.15. The van der Waals surface area contributed by atoms with Gasteiger partial charge in [0.2, 0.25) is 0 Å². The lowest BCUT2D eigenvalue weighted by atomic mass is 9.79. The number of aryl methyl sites for hydroxylation is 2. The van der Waals surface area contributed by atoms with Gasteiger partial charge in [0.05, 0.1) is 12.4 Å². The number of aromatic nitrogens is 2. The molecule has 1 aliphatic carbocycles. The van der Waals surface area contributed by atoms with Crippen LogP contribution >= 0.6 is 0 Å². The van der Waals surface area contributed by atoms with Gasteiger partial charge < -0.3 is 0 Å². The van der Waals surface area contributed by atoms with Crippen LogP contribution in [0.4, 0.5) is 0 Å². The summed E-state index contributed by atoms with van der Waals surface area (Å²) in [5.41, 5.74) is 6.42. The van der Waals surface area contributed by atoms with Crippen molar-refractivity contribution in [2.24, 2.45) is 7.05 Å². The maximum Gasteiger partial charge on any atom is 0.287 e. The summed E-state index contributed by atoms with van der Waals surface area (Å²) in [6, 6.07) is 15.4. The topological polar surface area (TPSA) is 16.8 Å². The summed E-state index contributed by atoms with van der Waals surface area (Å²) >= 11 is 0. The molecule has 1 aromatic heterocycles. The fraction of sp³-hybridized carbons (Fsp3) is 0.300. The van der Waals surface area contributed by atoms with E-state index >= 15 is 0 Å². The minimum absolute atomic E-state index is 0.750. The van der Waals surface area contributed by atoms with Crippen LogP contribution in [0.3, 0.4) is 0 Å². The van der Waals surface area contributed by atoms with Crippen LogP contribution in [-0.4, -0.2) is 4.98 Å². The maximum atomic E-state index is 4.60. The third-order valence-corrected chi connectivity index (χ3v) is 4.98. The van der Waals surface area contributed by atoms with Crippen LogP contribution in [0, 0.1) is 6.92 Å². The van der Waals surface area contributed by atoms with Crippen molar-refractivity contribution in [3.05, 3.63) is 59.9 Å². The molecule has 1 heterocycles. The van der Waals surface area contributed by atoms with Gasteiger partial charge in [-0.2, -0.15) is 0 Å². The Balaban J connectivity index is 1.99. The molecule has 0 amide bonds. The number of nitrogens with zero attached hydrogens (tertiary/aromatic N) is 2. The van der Waals surface area contributed by atoms with E-state index in [2.05, 4.69) is 66.0 Å². The first-order valence-corrected chi connectivity index (χ1v) is 8.08. The lowest BCUT2D eigenvalue weighted by Gasteiger charge is -2.25. The molecule has 110 valence electrons. The van der Waals surface area contributed by atoms with Gasteiger partial charge in [-0.1, -0.05) is 36.8 Å². The molecule has 0 atom stereocenters. The molecule has 3 aromatic rings. The third kappa shape index (κ3) is 2.10. The van der Waals surface area contributed by atoms with Gasteiger partial charge in [0.15, 0.2) is 5.52 Å². The Morgan fingerprint density at radius 2 is 1.91 bits per heavy atom. The molecule has 2 nitrogen and oxygen atoms in total. The molecule has 0 unspecified atom stereocenters. The number of hydrogen-bond acceptors (Lipinski definition) is 1. The van der Waals surface area contributed by atoms with Crippen molar-refractivity contribution in [3.8, 4) is 11.3 Å². The summed E-state index contributed by atoms with van der Waals surface area (Å²) in [5.74, 6) is 0.750. The van der Waals surface area contributed by atoms with Gasteiger partial charge in [0.25, 0.3) is 6.33 Å². The van der Waals surface area contributed by atoms with Crippen LogP contribution < -0.4 is 4.57 Å². The molecular formula is C20H21N2+. The van der Waals surface area contributed by atoms with Crippen LogP contribution in [0.5, 0.6) is 0 Å². The number of rotatable bonds is 2. The third-order valence-electron chi connectivity index (χ3n) is 4.98. The average Bonchev–Trinajstić information content (AvgIpc) is 2.47. The zero-order valence-corrected chi connectivity index (χ0v) is 13.2. The molecule has 0 N–H and O–H groups in total. The van der Waals surface area contributed by atoms with Crippen molar-refractivity contribution < 1.29 is 4.57 Å². The molecule has 1 saturated carbocycles. The highest BCUT2D eigenvalue weighted by atomic mass is 15.0. The highest BCUT2D eigenvalue weighted by Crippen LogP contribution is 2.38. The summed E-state index contributed by atoms with van der Waals surface area (Å²) in [6.45, 7) is 2.18. The molecule has 0 saturated heterocycles. The molecule has 1 aliphatic rings. The maximum absolute atomic E-state index is 4.60. The first-order valence-electron chi connectivity index (χ1n) is 8.08. The zero-order chi connectivity index (χ0) is 15.1. The summed E-state index contributed by atoms with van der Waals surface area (Å²) in [6.07, 6.45) is 5.95. The van der Waals surface area contributed by atoms with Gasteiger partial charge in [0.1, 0.15) is 5.69 Å². The fourth-order valence-electron chi connectivity index (χ4n) is 3.42. The lowest BCUT2D eigenvalue weighted by Crippen LogP contribution is -2.31. The second kappa shape index (κ2) is 5.20. The van der Waals surface area contributed by atoms with E-state index in [1.807, 2.05) is 6.33 Å². The minimum Gasteiger partial charge on any atom is -0.232 e. The first-order chi connectivity index (χ1) is 10.7. The molecule has 1 fully saturated rings. The fourth-order valence-corrected chi connectivity index (χ4v) is 3.42. The standard InChI is InChI=1S/C20H21N2/c1-14-6-3-4-9-17(14)20-18-12-16(15-7-5-8-15)10-11-19(18)21-13-22(20)2/h3-4,6,9-13,15H,5,7-8H2,1-2H3/q+1. The van der Waals surface area contributed by atoms with Crippen LogP contribution in [0.25, 0.3) is 22.2 Å². The Labute approximate surface area is 131 Å². The number of benzene rings is 2. The van der Waals surface area contributed by atoms with E-state index in [1.54, 1.807) is 0 Å². The first kappa shape index (κ1) is 13.4. The van der Waals surface area contributed by atoms with Gasteiger partial charge in [-0.05, 0) is 53.9 Å². The van der Waals surface area contributed by atoms with E-state index in [1.165, 1.54) is 47.0 Å². The van der Waals surface area contributed by atoms with Crippen molar-refractivity contribution in [1.82, 2.24) is 4.98 Å². The quantitative estimate of drug-likeness (QED) is 0.643. The highest BCUT2D eigenvalue weighted by Gasteiger charge is 2.22. The van der Waals surface area contributed by atoms with E-state index in [-0.39, 0.29) is 0 Å². The summed E-state index contributed by atoms with van der Waals surface area (Å²) in [5, 5.41) is 1.27. The van der Waals surface area contributed by atoms with Gasteiger partial charge in [0, 0.05) is 5.56 Å². The Morgan fingerprint density at radius 3 is 2.64 bits per heavy atom. The Bertz CT molecular complexity index is 847. The van der Waals surface area contributed by atoms with Crippen molar-refractivity contribution in [2.75, 3.05) is 0 Å². The van der Waals surface area contributed by atoms with Crippen molar-refractivity contribution in [2.45, 2.75) is 32.1 Å². The second-order valence-corrected chi connectivity index (χ2v) is 6.42. The van der Waals surface area contributed by atoms with E-state index < -0.39 is 0 Å². The van der Waals surface area contributed by atoms with Crippen LogP contribution in [0.1, 0.15) is 36.3 Å². The predicted octanol–water partition coefficient (Wildman–Crippen LogP) is 4.30. The number of fused-ring (bicyclic) bond motifs is 1. The van der Waals surface area contributed by atoms with E-state index in [9.17, 15) is 0 Å². The molecule has 4 rings (SSSR count). The molecule has 22 heavy (non-hydrogen) atoms. The second-order valence-electron chi connectivity index (χ2n) is 6.42. The summed E-state index contributed by atoms with van der Waals surface area (Å²) in [4.78, 5) is 4.60. The molecule has 0 aliphatic heterocycles. The number of hydrogen-bond donors (Lipinski definition) is 0. The highest BCUT2D eigenvalue weighted by molar-refractivity contribution is 5.91. The van der Waals surface area contributed by atoms with Crippen LogP contribution in [-0.2, 0) is 7.05 Å². The largest absolute Gasteiger partial charge is 0.287 e. The van der Waals surface area contributed by atoms with Crippen LogP contribution in [0.15, 0.2) is 48.8 Å². The van der Waals surface area contributed by atoms with E-state index in [0.717, 1.165) is 11.4 Å². The zero-order valence-electron chi connectivity index (χ0n) is 13.2. The minimum atomic E-state index is 0.750. The molecule has 2 aromatic carbocycles. The van der Waals surface area contributed by atoms with E-state index in [0.29, 0.717) is 0 Å². The monoisotopic (exact) mass is 289 g/mol. The average molecular weight is 289 g/mol. The molecule has 0 radical (unpaired) electrons. The normalized spacial score (nSPS) is 15.0. The Hall–Kier alpha value is -2.22. The van der Waals surface area contributed by atoms with E-state index in [4.69, 9.17) is 0 Å². The van der Waals surface area contributed by atoms with Crippen molar-refractivity contribution in [3.63, 3.8) is 0 Å². The smallest absolute Gasteiger partial charge is 0.232 e. The van der Waals surface area contributed by atoms with Gasteiger partial charge in [-0.3, -0.25) is 0 Å². The van der Waals surface area contributed by atoms with Crippen LogP contribution in [0.2, 0.25) is 0 Å². The van der Waals surface area contributed by atoms with Gasteiger partial charge >= 0.3 is 0 Å².